The molecule has 9 heteroatoms. The lowest BCUT2D eigenvalue weighted by Gasteiger charge is -2.39. The maximum atomic E-state index is 12.3. The number of likely N-dealkylation sites (tertiary alicyclic amines) is 1. The predicted octanol–water partition coefficient (Wildman–Crippen LogP) is -0.159. The third-order valence-electron chi connectivity index (χ3n) is 4.22. The molecule has 4 heterocycles. The van der Waals surface area contributed by atoms with E-state index in [4.69, 9.17) is 4.52 Å². The normalized spacial score (nSPS) is 21.2. The van der Waals surface area contributed by atoms with Crippen LogP contribution in [-0.2, 0) is 9.59 Å². The van der Waals surface area contributed by atoms with Crippen molar-refractivity contribution in [1.82, 2.24) is 30.9 Å². The molecule has 0 aromatic carbocycles. The molecule has 0 radical (unpaired) electrons. The van der Waals surface area contributed by atoms with Crippen molar-refractivity contribution >= 4 is 11.8 Å². The number of pyridine rings is 1. The molecule has 1 atom stereocenters. The summed E-state index contributed by atoms with van der Waals surface area (Å²) >= 11 is 0. The Morgan fingerprint density at radius 3 is 2.92 bits per heavy atom. The molecule has 2 saturated heterocycles. The van der Waals surface area contributed by atoms with Crippen LogP contribution in [0.25, 0.3) is 11.5 Å². The van der Waals surface area contributed by atoms with Gasteiger partial charge in [-0.05, 0) is 18.6 Å². The Balaban J connectivity index is 1.35. The van der Waals surface area contributed by atoms with Crippen LogP contribution in [-0.4, -0.2) is 51.0 Å². The van der Waals surface area contributed by atoms with E-state index in [9.17, 15) is 9.59 Å². The van der Waals surface area contributed by atoms with Crippen molar-refractivity contribution < 1.29 is 14.1 Å². The lowest BCUT2D eigenvalue weighted by molar-refractivity contribution is -0.140. The Hall–Kier alpha value is -2.81. The van der Waals surface area contributed by atoms with Crippen LogP contribution >= 0.6 is 0 Å². The summed E-state index contributed by atoms with van der Waals surface area (Å²) in [6.07, 6.45) is 2.54. The van der Waals surface area contributed by atoms with Crippen molar-refractivity contribution in [2.45, 2.75) is 24.8 Å². The highest BCUT2D eigenvalue weighted by molar-refractivity contribution is 5.86. The summed E-state index contributed by atoms with van der Waals surface area (Å²) in [5, 5.41) is 3.95. The van der Waals surface area contributed by atoms with E-state index in [1.165, 1.54) is 0 Å². The molecule has 24 heavy (non-hydrogen) atoms. The molecule has 0 bridgehead atoms. The van der Waals surface area contributed by atoms with Crippen molar-refractivity contribution in [2.24, 2.45) is 0 Å². The third-order valence-corrected chi connectivity index (χ3v) is 4.22. The van der Waals surface area contributed by atoms with Crippen LogP contribution in [0.1, 0.15) is 24.7 Å². The molecule has 124 valence electrons. The van der Waals surface area contributed by atoms with Gasteiger partial charge in [0.05, 0.1) is 5.92 Å². The molecule has 2 N–H and O–H groups in total. The summed E-state index contributed by atoms with van der Waals surface area (Å²) < 4.78 is 5.30. The van der Waals surface area contributed by atoms with E-state index in [1.807, 2.05) is 18.2 Å². The molecular formula is C15H16N6O3. The smallest absolute Gasteiger partial charge is 0.241 e. The number of hydrazine groups is 1. The van der Waals surface area contributed by atoms with E-state index >= 15 is 0 Å². The second-order valence-corrected chi connectivity index (χ2v) is 5.90. The minimum atomic E-state index is -0.365. The van der Waals surface area contributed by atoms with Gasteiger partial charge in [-0.1, -0.05) is 11.2 Å². The summed E-state index contributed by atoms with van der Waals surface area (Å²) in [4.78, 5) is 33.7. The predicted molar refractivity (Wildman–Crippen MR) is 81.2 cm³/mol. The van der Waals surface area contributed by atoms with Gasteiger partial charge in [-0.3, -0.25) is 20.0 Å². The van der Waals surface area contributed by atoms with Gasteiger partial charge in [0.15, 0.2) is 0 Å². The summed E-state index contributed by atoms with van der Waals surface area (Å²) in [5.41, 5.74) is 5.90. The largest absolute Gasteiger partial charge is 0.340 e. The maximum absolute atomic E-state index is 12.3. The summed E-state index contributed by atoms with van der Waals surface area (Å²) in [6.45, 7) is 1.07. The Labute approximate surface area is 137 Å². The average molecular weight is 328 g/mol. The first-order valence-corrected chi connectivity index (χ1v) is 7.79. The standard InChI is InChI=1S/C15H16N6O3/c22-12-5-4-11(18-19-12)15(23)21-7-9(8-21)14-17-13(20-24-14)10-3-1-2-6-16-10/h1-3,6,9,11,18H,4-5,7-8H2,(H,19,22). The molecule has 4 rings (SSSR count). The molecule has 2 aromatic heterocycles. The minimum Gasteiger partial charge on any atom is -0.340 e. The van der Waals surface area contributed by atoms with Gasteiger partial charge < -0.3 is 9.42 Å². The summed E-state index contributed by atoms with van der Waals surface area (Å²) in [6, 6.07) is 5.13. The molecule has 9 nitrogen and oxygen atoms in total. The molecule has 1 unspecified atom stereocenters. The molecule has 0 spiro atoms. The van der Waals surface area contributed by atoms with Gasteiger partial charge >= 0.3 is 0 Å². The van der Waals surface area contributed by atoms with Crippen LogP contribution in [0, 0.1) is 0 Å². The van der Waals surface area contributed by atoms with Crippen molar-refractivity contribution in [1.29, 1.82) is 0 Å². The molecule has 2 fully saturated rings. The average Bonchev–Trinajstić information content (AvgIpc) is 3.04. The molecule has 2 aliphatic rings. The highest BCUT2D eigenvalue weighted by atomic mass is 16.5. The molecule has 2 aliphatic heterocycles. The highest BCUT2D eigenvalue weighted by Gasteiger charge is 2.39. The van der Waals surface area contributed by atoms with Gasteiger partial charge in [-0.25, -0.2) is 5.43 Å². The first kappa shape index (κ1) is 14.8. The third kappa shape index (κ3) is 2.73. The number of nitrogens with zero attached hydrogens (tertiary/aromatic N) is 4. The van der Waals surface area contributed by atoms with Crippen LogP contribution in [0.4, 0.5) is 0 Å². The van der Waals surface area contributed by atoms with Crippen molar-refractivity contribution in [3.8, 4) is 11.5 Å². The van der Waals surface area contributed by atoms with Gasteiger partial charge in [0.2, 0.25) is 23.5 Å². The number of hydrogen-bond acceptors (Lipinski definition) is 7. The second-order valence-electron chi connectivity index (χ2n) is 5.90. The quantitative estimate of drug-likeness (QED) is 0.805. The fourth-order valence-corrected chi connectivity index (χ4v) is 2.80. The number of nitrogens with one attached hydrogen (secondary N) is 2. The van der Waals surface area contributed by atoms with E-state index in [2.05, 4.69) is 26.0 Å². The second kappa shape index (κ2) is 6.00. The number of hydrogen-bond donors (Lipinski definition) is 2. The minimum absolute atomic E-state index is 0.0179. The van der Waals surface area contributed by atoms with Gasteiger partial charge in [0.1, 0.15) is 11.7 Å². The highest BCUT2D eigenvalue weighted by Crippen LogP contribution is 2.28. The van der Waals surface area contributed by atoms with Crippen LogP contribution in [0.2, 0.25) is 0 Å². The monoisotopic (exact) mass is 328 g/mol. The van der Waals surface area contributed by atoms with Crippen LogP contribution in [0.3, 0.4) is 0 Å². The molecule has 2 aromatic rings. The fraction of sp³-hybridized carbons (Fsp3) is 0.400. The zero-order chi connectivity index (χ0) is 16.5. The van der Waals surface area contributed by atoms with Crippen LogP contribution in [0.15, 0.2) is 28.9 Å². The first-order chi connectivity index (χ1) is 11.7. The van der Waals surface area contributed by atoms with E-state index < -0.39 is 0 Å². The molecule has 2 amide bonds. The van der Waals surface area contributed by atoms with E-state index in [-0.39, 0.29) is 23.8 Å². The SMILES string of the molecule is O=C1CCC(C(=O)N2CC(c3nc(-c4ccccn4)no3)C2)NN1. The number of carbonyl (C=O) groups excluding carboxylic acids is 2. The van der Waals surface area contributed by atoms with Crippen molar-refractivity contribution in [3.05, 3.63) is 30.3 Å². The van der Waals surface area contributed by atoms with Crippen LogP contribution < -0.4 is 10.9 Å². The zero-order valence-electron chi connectivity index (χ0n) is 12.8. The number of aromatic nitrogens is 3. The molecule has 0 saturated carbocycles. The van der Waals surface area contributed by atoms with Crippen molar-refractivity contribution in [2.75, 3.05) is 13.1 Å². The number of amides is 2. The lowest BCUT2D eigenvalue weighted by atomic mass is 9.97. The Bertz CT molecular complexity index is 746. The Morgan fingerprint density at radius 2 is 2.21 bits per heavy atom. The number of rotatable bonds is 3. The molecular weight excluding hydrogens is 312 g/mol. The first-order valence-electron chi connectivity index (χ1n) is 7.79. The van der Waals surface area contributed by atoms with Crippen LogP contribution in [0.5, 0.6) is 0 Å². The van der Waals surface area contributed by atoms with Crippen molar-refractivity contribution in [3.63, 3.8) is 0 Å². The van der Waals surface area contributed by atoms with Gasteiger partial charge in [0, 0.05) is 25.7 Å². The van der Waals surface area contributed by atoms with Gasteiger partial charge in [-0.2, -0.15) is 4.98 Å². The van der Waals surface area contributed by atoms with E-state index in [1.54, 1.807) is 11.1 Å². The Kier molecular flexibility index (Phi) is 3.69. The Morgan fingerprint density at radius 1 is 1.33 bits per heavy atom. The van der Waals surface area contributed by atoms with E-state index in [0.717, 1.165) is 0 Å². The fourth-order valence-electron chi connectivity index (χ4n) is 2.80. The maximum Gasteiger partial charge on any atom is 0.241 e. The van der Waals surface area contributed by atoms with Gasteiger partial charge in [-0.15, -0.1) is 0 Å². The topological polar surface area (TPSA) is 113 Å². The summed E-state index contributed by atoms with van der Waals surface area (Å²) in [7, 11) is 0. The molecule has 0 aliphatic carbocycles. The van der Waals surface area contributed by atoms with E-state index in [0.29, 0.717) is 43.3 Å². The zero-order valence-corrected chi connectivity index (χ0v) is 12.8. The van der Waals surface area contributed by atoms with Gasteiger partial charge in [0.25, 0.3) is 0 Å². The summed E-state index contributed by atoms with van der Waals surface area (Å²) in [5.74, 6) is 0.901. The lowest BCUT2D eigenvalue weighted by Crippen LogP contribution is -2.60. The number of carbonyl (C=O) groups is 2.